The van der Waals surface area contributed by atoms with E-state index in [-0.39, 0.29) is 23.9 Å². The fourth-order valence-corrected chi connectivity index (χ4v) is 3.34. The molecule has 2 aliphatic rings. The molecule has 0 spiro atoms. The predicted octanol–water partition coefficient (Wildman–Crippen LogP) is 2.45. The molecule has 21 heavy (non-hydrogen) atoms. The van der Waals surface area contributed by atoms with Crippen LogP contribution in [0.2, 0.25) is 0 Å². The van der Waals surface area contributed by atoms with Gasteiger partial charge in [-0.05, 0) is 37.3 Å². The summed E-state index contributed by atoms with van der Waals surface area (Å²) in [5.74, 6) is -1.77. The third kappa shape index (κ3) is 2.67. The van der Waals surface area contributed by atoms with E-state index >= 15 is 0 Å². The van der Waals surface area contributed by atoms with Crippen molar-refractivity contribution in [2.24, 2.45) is 11.1 Å². The third-order valence-corrected chi connectivity index (χ3v) is 4.82. The Morgan fingerprint density at radius 2 is 2.19 bits per heavy atom. The van der Waals surface area contributed by atoms with Gasteiger partial charge in [-0.25, -0.2) is 8.78 Å². The van der Waals surface area contributed by atoms with E-state index in [1.807, 2.05) is 6.92 Å². The number of rotatable bonds is 3. The minimum Gasteiger partial charge on any atom is -0.352 e. The zero-order valence-electron chi connectivity index (χ0n) is 12.0. The molecule has 0 aromatic heterocycles. The Balaban J connectivity index is 1.64. The normalized spacial score (nSPS) is 34.8. The van der Waals surface area contributed by atoms with Gasteiger partial charge in [-0.3, -0.25) is 4.79 Å². The molecule has 0 unspecified atom stereocenters. The van der Waals surface area contributed by atoms with Gasteiger partial charge in [0.05, 0.1) is 0 Å². The second-order valence-electron chi connectivity index (χ2n) is 6.63. The lowest BCUT2D eigenvalue weighted by Gasteiger charge is -2.22. The number of carbonyl (C=O) groups excluding carboxylic acids is 1. The van der Waals surface area contributed by atoms with E-state index in [2.05, 4.69) is 5.32 Å². The van der Waals surface area contributed by atoms with Gasteiger partial charge in [-0.1, -0.05) is 19.1 Å². The number of hydrogen-bond donors (Lipinski definition) is 2. The summed E-state index contributed by atoms with van der Waals surface area (Å²) in [6, 6.07) is 4.18. The molecule has 0 bridgehead atoms. The van der Waals surface area contributed by atoms with Crippen LogP contribution in [0.5, 0.6) is 0 Å². The van der Waals surface area contributed by atoms with Crippen molar-refractivity contribution in [3.63, 3.8) is 0 Å². The van der Waals surface area contributed by atoms with Crippen LogP contribution in [-0.4, -0.2) is 18.0 Å². The standard InChI is InChI=1S/C16H20F2N2O/c1-16(6-5-9(19)8-16)15(21)20-13-7-11(13)10-3-2-4-12(17)14(10)18/h2-4,9,11,13H,5-8,19H2,1H3,(H,20,21)/t9-,11-,13+,16-/m0/s1. The average molecular weight is 294 g/mol. The maximum absolute atomic E-state index is 13.7. The van der Waals surface area contributed by atoms with Gasteiger partial charge >= 0.3 is 0 Å². The molecule has 3 nitrogen and oxygen atoms in total. The maximum atomic E-state index is 13.7. The molecule has 0 heterocycles. The first-order chi connectivity index (χ1) is 9.90. The second-order valence-corrected chi connectivity index (χ2v) is 6.63. The smallest absolute Gasteiger partial charge is 0.226 e. The molecule has 5 heteroatoms. The molecule has 114 valence electrons. The Morgan fingerprint density at radius 3 is 2.86 bits per heavy atom. The van der Waals surface area contributed by atoms with Crippen molar-refractivity contribution in [1.29, 1.82) is 0 Å². The van der Waals surface area contributed by atoms with Gasteiger partial charge in [0.15, 0.2) is 11.6 Å². The van der Waals surface area contributed by atoms with E-state index in [4.69, 9.17) is 5.73 Å². The topological polar surface area (TPSA) is 55.1 Å². The van der Waals surface area contributed by atoms with Crippen LogP contribution in [0, 0.1) is 17.0 Å². The fraction of sp³-hybridized carbons (Fsp3) is 0.562. The van der Waals surface area contributed by atoms with Crippen molar-refractivity contribution in [3.05, 3.63) is 35.4 Å². The number of benzene rings is 1. The zero-order valence-corrected chi connectivity index (χ0v) is 12.0. The molecule has 4 atom stereocenters. The van der Waals surface area contributed by atoms with Crippen molar-refractivity contribution in [1.82, 2.24) is 5.32 Å². The van der Waals surface area contributed by atoms with Crippen LogP contribution in [0.4, 0.5) is 8.78 Å². The number of carbonyl (C=O) groups is 1. The second kappa shape index (κ2) is 5.05. The Bertz CT molecular complexity index is 577. The highest BCUT2D eigenvalue weighted by Gasteiger charge is 2.46. The summed E-state index contributed by atoms with van der Waals surface area (Å²) in [5.41, 5.74) is 5.81. The van der Waals surface area contributed by atoms with Crippen LogP contribution in [0.1, 0.15) is 44.1 Å². The highest BCUT2D eigenvalue weighted by molar-refractivity contribution is 5.83. The Morgan fingerprint density at radius 1 is 1.43 bits per heavy atom. The lowest BCUT2D eigenvalue weighted by Crippen LogP contribution is -2.39. The fourth-order valence-electron chi connectivity index (χ4n) is 3.34. The van der Waals surface area contributed by atoms with Crippen molar-refractivity contribution < 1.29 is 13.6 Å². The highest BCUT2D eigenvalue weighted by Crippen LogP contribution is 2.44. The van der Waals surface area contributed by atoms with E-state index in [9.17, 15) is 13.6 Å². The third-order valence-electron chi connectivity index (χ3n) is 4.82. The number of amides is 1. The van der Waals surface area contributed by atoms with E-state index in [1.165, 1.54) is 6.07 Å². The van der Waals surface area contributed by atoms with Crippen molar-refractivity contribution in [2.75, 3.05) is 0 Å². The van der Waals surface area contributed by atoms with Gasteiger partial charge < -0.3 is 11.1 Å². The molecule has 2 aliphatic carbocycles. The maximum Gasteiger partial charge on any atom is 0.226 e. The average Bonchev–Trinajstić information content (AvgIpc) is 3.09. The first-order valence-electron chi connectivity index (χ1n) is 7.41. The SMILES string of the molecule is C[C@]1(C(=O)N[C@@H]2C[C@H]2c2cccc(F)c2F)CC[C@H](N)C1. The van der Waals surface area contributed by atoms with Gasteiger partial charge in [-0.15, -0.1) is 0 Å². The quantitative estimate of drug-likeness (QED) is 0.899. The lowest BCUT2D eigenvalue weighted by molar-refractivity contribution is -0.130. The molecule has 3 N–H and O–H groups in total. The van der Waals surface area contributed by atoms with Gasteiger partial charge in [-0.2, -0.15) is 0 Å². The molecule has 2 fully saturated rings. The number of hydrogen-bond acceptors (Lipinski definition) is 2. The van der Waals surface area contributed by atoms with E-state index < -0.39 is 17.0 Å². The van der Waals surface area contributed by atoms with Crippen LogP contribution >= 0.6 is 0 Å². The van der Waals surface area contributed by atoms with E-state index in [0.717, 1.165) is 18.9 Å². The van der Waals surface area contributed by atoms with Crippen LogP contribution in [-0.2, 0) is 4.79 Å². The summed E-state index contributed by atoms with van der Waals surface area (Å²) in [5, 5.41) is 2.97. The van der Waals surface area contributed by atoms with Crippen LogP contribution in [0.15, 0.2) is 18.2 Å². The van der Waals surface area contributed by atoms with E-state index in [1.54, 1.807) is 6.07 Å². The summed E-state index contributed by atoms with van der Waals surface area (Å²) in [6.07, 6.45) is 2.99. The molecular weight excluding hydrogens is 274 g/mol. The molecule has 3 rings (SSSR count). The molecule has 1 aromatic rings. The summed E-state index contributed by atoms with van der Waals surface area (Å²) >= 11 is 0. The van der Waals surface area contributed by atoms with Gasteiger partial charge in [0, 0.05) is 23.4 Å². The number of halogens is 2. The summed E-state index contributed by atoms with van der Waals surface area (Å²) in [6.45, 7) is 1.93. The van der Waals surface area contributed by atoms with Crippen molar-refractivity contribution in [2.45, 2.75) is 50.6 Å². The van der Waals surface area contributed by atoms with Gasteiger partial charge in [0.25, 0.3) is 0 Å². The molecule has 1 amide bonds. The Hall–Kier alpha value is -1.49. The minimum absolute atomic E-state index is 0.0141. The summed E-state index contributed by atoms with van der Waals surface area (Å²) in [7, 11) is 0. The largest absolute Gasteiger partial charge is 0.352 e. The summed E-state index contributed by atoms with van der Waals surface area (Å²) in [4.78, 5) is 12.4. The summed E-state index contributed by atoms with van der Waals surface area (Å²) < 4.78 is 27.0. The number of nitrogens with two attached hydrogens (primary N) is 1. The number of nitrogens with one attached hydrogen (secondary N) is 1. The van der Waals surface area contributed by atoms with E-state index in [0.29, 0.717) is 18.4 Å². The van der Waals surface area contributed by atoms with Crippen LogP contribution < -0.4 is 11.1 Å². The van der Waals surface area contributed by atoms with Crippen LogP contribution in [0.3, 0.4) is 0 Å². The first kappa shape index (κ1) is 14.4. The Kier molecular flexibility index (Phi) is 3.48. The highest BCUT2D eigenvalue weighted by atomic mass is 19.2. The predicted molar refractivity (Wildman–Crippen MR) is 75.6 cm³/mol. The lowest BCUT2D eigenvalue weighted by atomic mass is 9.87. The molecule has 0 aliphatic heterocycles. The monoisotopic (exact) mass is 294 g/mol. The molecule has 0 radical (unpaired) electrons. The van der Waals surface area contributed by atoms with Crippen molar-refractivity contribution in [3.8, 4) is 0 Å². The molecule has 2 saturated carbocycles. The minimum atomic E-state index is -0.835. The van der Waals surface area contributed by atoms with Crippen LogP contribution in [0.25, 0.3) is 0 Å². The molecule has 1 aromatic carbocycles. The zero-order chi connectivity index (χ0) is 15.2. The Labute approximate surface area is 122 Å². The van der Waals surface area contributed by atoms with Crippen molar-refractivity contribution >= 4 is 5.91 Å². The molecular formula is C16H20F2N2O. The first-order valence-corrected chi connectivity index (χ1v) is 7.41. The molecule has 0 saturated heterocycles. The van der Waals surface area contributed by atoms with Gasteiger partial charge in [0.1, 0.15) is 0 Å². The van der Waals surface area contributed by atoms with Gasteiger partial charge in [0.2, 0.25) is 5.91 Å².